The average molecular weight is 622 g/mol. The van der Waals surface area contributed by atoms with Crippen LogP contribution in [0.4, 0.5) is 0 Å². The average Bonchev–Trinajstić information content (AvgIpc) is 2.99. The maximum Gasteiger partial charge on any atom is 0.220 e. The summed E-state index contributed by atoms with van der Waals surface area (Å²) in [4.78, 5) is 12.3. The Bertz CT molecular complexity index is 618. The van der Waals surface area contributed by atoms with Gasteiger partial charge < -0.3 is 15.5 Å². The highest BCUT2D eigenvalue weighted by Gasteiger charge is 2.17. The van der Waals surface area contributed by atoms with Crippen molar-refractivity contribution >= 4 is 5.91 Å². The SMILES string of the molecule is CC(C)CCCCCCCCC/C=C/[C@@H](O)[C@H](CO)NC(=O)CCCCCCCCCCCCCCCCCCCC(C)C. The fourth-order valence-electron chi connectivity index (χ4n) is 6.08. The number of nitrogens with one attached hydrogen (secondary N) is 1. The van der Waals surface area contributed by atoms with Gasteiger partial charge in [0.15, 0.2) is 0 Å². The van der Waals surface area contributed by atoms with E-state index < -0.39 is 12.1 Å². The number of hydrogen-bond donors (Lipinski definition) is 3. The third-order valence-electron chi connectivity index (χ3n) is 9.13. The number of aliphatic hydroxyl groups excluding tert-OH is 2. The van der Waals surface area contributed by atoms with E-state index in [1.54, 1.807) is 6.08 Å². The maximum absolute atomic E-state index is 12.3. The van der Waals surface area contributed by atoms with Crippen molar-refractivity contribution in [2.45, 2.75) is 220 Å². The summed E-state index contributed by atoms with van der Waals surface area (Å²) in [6.45, 7) is 9.00. The van der Waals surface area contributed by atoms with Crippen LogP contribution in [0.2, 0.25) is 0 Å². The normalized spacial score (nSPS) is 13.4. The molecule has 2 atom stereocenters. The van der Waals surface area contributed by atoms with Crippen molar-refractivity contribution < 1.29 is 15.0 Å². The quantitative estimate of drug-likeness (QED) is 0.0494. The Labute approximate surface area is 276 Å². The van der Waals surface area contributed by atoms with Crippen molar-refractivity contribution in [2.24, 2.45) is 11.8 Å². The molecular weight excluding hydrogens is 542 g/mol. The molecule has 0 heterocycles. The Hall–Kier alpha value is -0.870. The van der Waals surface area contributed by atoms with E-state index in [0.717, 1.165) is 37.5 Å². The van der Waals surface area contributed by atoms with Gasteiger partial charge in [0.25, 0.3) is 0 Å². The highest BCUT2D eigenvalue weighted by atomic mass is 16.3. The van der Waals surface area contributed by atoms with Crippen molar-refractivity contribution in [1.82, 2.24) is 5.32 Å². The van der Waals surface area contributed by atoms with Crippen LogP contribution in [0.1, 0.15) is 207 Å². The van der Waals surface area contributed by atoms with E-state index in [0.29, 0.717) is 6.42 Å². The van der Waals surface area contributed by atoms with Crippen molar-refractivity contribution in [1.29, 1.82) is 0 Å². The zero-order chi connectivity index (χ0) is 32.5. The number of allylic oxidation sites excluding steroid dienone is 1. The molecule has 0 aliphatic rings. The van der Waals surface area contributed by atoms with Crippen LogP contribution in [0.5, 0.6) is 0 Å². The smallest absolute Gasteiger partial charge is 0.220 e. The third kappa shape index (κ3) is 32.5. The summed E-state index contributed by atoms with van der Waals surface area (Å²) in [6, 6.07) is -0.617. The molecule has 1 amide bonds. The van der Waals surface area contributed by atoms with Gasteiger partial charge in [0.2, 0.25) is 5.91 Å². The first-order valence-electron chi connectivity index (χ1n) is 19.6. The second-order valence-electron chi connectivity index (χ2n) is 14.7. The summed E-state index contributed by atoms with van der Waals surface area (Å²) in [7, 11) is 0. The minimum absolute atomic E-state index is 0.0634. The van der Waals surface area contributed by atoms with Gasteiger partial charge in [0.1, 0.15) is 0 Å². The number of rotatable bonds is 34. The highest BCUT2D eigenvalue weighted by molar-refractivity contribution is 5.76. The molecule has 0 spiro atoms. The number of unbranched alkanes of at least 4 members (excludes halogenated alkanes) is 23. The Kier molecular flexibility index (Phi) is 32.8. The molecule has 0 aromatic rings. The second-order valence-corrected chi connectivity index (χ2v) is 14.7. The lowest BCUT2D eigenvalue weighted by atomic mass is 10.0. The number of carbonyl (C=O) groups is 1. The van der Waals surface area contributed by atoms with Gasteiger partial charge in [-0.1, -0.05) is 194 Å². The van der Waals surface area contributed by atoms with E-state index in [9.17, 15) is 15.0 Å². The molecule has 0 rings (SSSR count). The van der Waals surface area contributed by atoms with E-state index in [-0.39, 0.29) is 12.5 Å². The van der Waals surface area contributed by atoms with Gasteiger partial charge in [-0.05, 0) is 31.1 Å². The summed E-state index contributed by atoms with van der Waals surface area (Å²) in [6.07, 6.45) is 38.8. The van der Waals surface area contributed by atoms with Crippen LogP contribution >= 0.6 is 0 Å². The van der Waals surface area contributed by atoms with Crippen LogP contribution in [0, 0.1) is 11.8 Å². The molecule has 0 aromatic carbocycles. The van der Waals surface area contributed by atoms with Crippen molar-refractivity contribution in [3.05, 3.63) is 12.2 Å². The minimum Gasteiger partial charge on any atom is -0.394 e. The molecule has 0 bridgehead atoms. The lowest BCUT2D eigenvalue weighted by Crippen LogP contribution is -2.45. The molecule has 0 radical (unpaired) electrons. The summed E-state index contributed by atoms with van der Waals surface area (Å²) in [5.41, 5.74) is 0. The Morgan fingerprint density at radius 3 is 1.25 bits per heavy atom. The molecule has 0 aliphatic carbocycles. The predicted octanol–water partition coefficient (Wildman–Crippen LogP) is 11.6. The Balaban J connectivity index is 3.54. The van der Waals surface area contributed by atoms with Gasteiger partial charge in [-0.3, -0.25) is 4.79 Å². The maximum atomic E-state index is 12.3. The van der Waals surface area contributed by atoms with Gasteiger partial charge >= 0.3 is 0 Å². The first-order valence-corrected chi connectivity index (χ1v) is 19.6. The summed E-state index contributed by atoms with van der Waals surface area (Å²) in [5.74, 6) is 1.63. The van der Waals surface area contributed by atoms with E-state index >= 15 is 0 Å². The monoisotopic (exact) mass is 622 g/mol. The minimum atomic E-state index is -0.834. The molecule has 0 unspecified atom stereocenters. The molecule has 0 saturated carbocycles. The van der Waals surface area contributed by atoms with E-state index in [4.69, 9.17) is 0 Å². The molecule has 0 fully saturated rings. The fraction of sp³-hybridized carbons (Fsp3) is 0.925. The van der Waals surface area contributed by atoms with E-state index in [1.807, 2.05) is 6.08 Å². The van der Waals surface area contributed by atoms with E-state index in [2.05, 4.69) is 33.0 Å². The number of amides is 1. The van der Waals surface area contributed by atoms with Crippen LogP contribution in [-0.2, 0) is 4.79 Å². The molecule has 4 heteroatoms. The Morgan fingerprint density at radius 2 is 0.886 bits per heavy atom. The van der Waals surface area contributed by atoms with Crippen molar-refractivity contribution in [3.8, 4) is 0 Å². The predicted molar refractivity (Wildman–Crippen MR) is 193 cm³/mol. The zero-order valence-electron chi connectivity index (χ0n) is 30.3. The number of carbonyl (C=O) groups excluding carboxylic acids is 1. The second kappa shape index (κ2) is 33.5. The van der Waals surface area contributed by atoms with Crippen molar-refractivity contribution in [3.63, 3.8) is 0 Å². The topological polar surface area (TPSA) is 69.6 Å². The summed E-state index contributed by atoms with van der Waals surface area (Å²) >= 11 is 0. The zero-order valence-corrected chi connectivity index (χ0v) is 30.3. The lowest BCUT2D eigenvalue weighted by Gasteiger charge is -2.20. The number of hydrogen-bond acceptors (Lipinski definition) is 3. The number of aliphatic hydroxyl groups is 2. The summed E-state index contributed by atoms with van der Waals surface area (Å²) in [5, 5.41) is 22.9. The van der Waals surface area contributed by atoms with Crippen LogP contribution in [0.25, 0.3) is 0 Å². The molecule has 0 aromatic heterocycles. The molecule has 4 nitrogen and oxygen atoms in total. The van der Waals surface area contributed by atoms with Gasteiger partial charge in [-0.15, -0.1) is 0 Å². The first-order chi connectivity index (χ1) is 21.4. The highest BCUT2D eigenvalue weighted by Crippen LogP contribution is 2.16. The molecule has 44 heavy (non-hydrogen) atoms. The summed E-state index contributed by atoms with van der Waals surface area (Å²) < 4.78 is 0. The fourth-order valence-corrected chi connectivity index (χ4v) is 6.08. The van der Waals surface area contributed by atoms with Gasteiger partial charge in [-0.2, -0.15) is 0 Å². The van der Waals surface area contributed by atoms with Crippen molar-refractivity contribution in [2.75, 3.05) is 6.61 Å². The molecule has 0 aliphatic heterocycles. The van der Waals surface area contributed by atoms with Gasteiger partial charge in [0.05, 0.1) is 18.8 Å². The first kappa shape index (κ1) is 43.1. The molecular formula is C40H79NO3. The van der Waals surface area contributed by atoms with Gasteiger partial charge in [-0.25, -0.2) is 0 Å². The standard InChI is InChI=1S/C40H79NO3/c1-36(2)31-27-23-19-15-12-10-8-6-5-7-9-11-13-18-22-26-30-34-40(44)41-38(35-42)39(43)33-29-25-21-17-14-16-20-24-28-32-37(3)4/h29,33,36-39,42-43H,5-28,30-32,34-35H2,1-4H3,(H,41,44)/b33-29+/t38-,39+/m0/s1. The van der Waals surface area contributed by atoms with Crippen LogP contribution < -0.4 is 5.32 Å². The Morgan fingerprint density at radius 1 is 0.545 bits per heavy atom. The molecule has 3 N–H and O–H groups in total. The van der Waals surface area contributed by atoms with Crippen LogP contribution in [0.3, 0.4) is 0 Å². The third-order valence-corrected chi connectivity index (χ3v) is 9.13. The van der Waals surface area contributed by atoms with E-state index in [1.165, 1.54) is 148 Å². The van der Waals surface area contributed by atoms with Gasteiger partial charge in [0, 0.05) is 6.42 Å². The van der Waals surface area contributed by atoms with Crippen LogP contribution in [-0.4, -0.2) is 34.9 Å². The molecule has 0 saturated heterocycles. The largest absolute Gasteiger partial charge is 0.394 e. The lowest BCUT2D eigenvalue weighted by molar-refractivity contribution is -0.123. The van der Waals surface area contributed by atoms with Crippen LogP contribution in [0.15, 0.2) is 12.2 Å². The molecule has 262 valence electrons.